The van der Waals surface area contributed by atoms with Crippen LogP contribution >= 0.6 is 0 Å². The molecule has 1 amide bonds. The van der Waals surface area contributed by atoms with Gasteiger partial charge in [-0.3, -0.25) is 9.78 Å². The zero-order valence-corrected chi connectivity index (χ0v) is 13.9. The molecule has 25 heavy (non-hydrogen) atoms. The quantitative estimate of drug-likeness (QED) is 0.752. The number of benzene rings is 2. The van der Waals surface area contributed by atoms with Crippen molar-refractivity contribution in [2.75, 3.05) is 7.11 Å². The fourth-order valence-electron chi connectivity index (χ4n) is 2.70. The predicted octanol–water partition coefficient (Wildman–Crippen LogP) is 2.96. The normalized spacial score (nSPS) is 11.7. The van der Waals surface area contributed by atoms with E-state index in [1.165, 1.54) is 0 Å². The van der Waals surface area contributed by atoms with Gasteiger partial charge in [-0.1, -0.05) is 42.5 Å². The molecule has 3 rings (SSSR count). The molecule has 0 fully saturated rings. The summed E-state index contributed by atoms with van der Waals surface area (Å²) in [5, 5.41) is 0. The second-order valence-corrected chi connectivity index (χ2v) is 5.70. The van der Waals surface area contributed by atoms with Crippen LogP contribution in [0.15, 0.2) is 67.0 Å². The summed E-state index contributed by atoms with van der Waals surface area (Å²) in [6.45, 7) is 0. The number of carbonyl (C=O) groups excluding carboxylic acids is 1. The molecule has 0 aliphatic rings. The summed E-state index contributed by atoms with van der Waals surface area (Å²) >= 11 is 0. The summed E-state index contributed by atoms with van der Waals surface area (Å²) in [7, 11) is 1.62. The number of amides is 1. The minimum atomic E-state index is -0.434. The molecule has 2 aromatic carbocycles. The van der Waals surface area contributed by atoms with E-state index in [1.807, 2.05) is 54.6 Å². The van der Waals surface area contributed by atoms with Gasteiger partial charge in [-0.25, -0.2) is 4.98 Å². The van der Waals surface area contributed by atoms with Crippen LogP contribution in [0, 0.1) is 0 Å². The van der Waals surface area contributed by atoms with Crippen molar-refractivity contribution in [1.82, 2.24) is 9.97 Å². The number of hydrogen-bond acceptors (Lipinski definition) is 4. The zero-order valence-electron chi connectivity index (χ0n) is 13.9. The van der Waals surface area contributed by atoms with Gasteiger partial charge in [0.2, 0.25) is 5.91 Å². The standard InChI is InChI=1S/C20H19N3O2/c1-25-17-9-5-8-15(10-17)19-13-22-12-16(23-19)11-18(20(21)24)14-6-3-2-4-7-14/h2-10,12-13,18H,11H2,1H3,(H2,21,24)/t18-/m1/s1. The molecular formula is C20H19N3O2. The molecule has 0 unspecified atom stereocenters. The topological polar surface area (TPSA) is 78.1 Å². The van der Waals surface area contributed by atoms with Gasteiger partial charge in [0.25, 0.3) is 0 Å². The number of methoxy groups -OCH3 is 1. The molecule has 3 aromatic rings. The Balaban J connectivity index is 1.89. The van der Waals surface area contributed by atoms with E-state index in [4.69, 9.17) is 10.5 Å². The minimum absolute atomic E-state index is 0.375. The van der Waals surface area contributed by atoms with E-state index < -0.39 is 5.92 Å². The Morgan fingerprint density at radius 1 is 1.12 bits per heavy atom. The fraction of sp³-hybridized carbons (Fsp3) is 0.150. The van der Waals surface area contributed by atoms with Gasteiger partial charge < -0.3 is 10.5 Å². The Morgan fingerprint density at radius 3 is 2.64 bits per heavy atom. The van der Waals surface area contributed by atoms with Gasteiger partial charge in [-0.15, -0.1) is 0 Å². The maximum Gasteiger partial charge on any atom is 0.225 e. The Hall–Kier alpha value is -3.21. The maximum absolute atomic E-state index is 11.9. The van der Waals surface area contributed by atoms with Crippen molar-refractivity contribution in [3.05, 3.63) is 78.2 Å². The average molecular weight is 333 g/mol. The Bertz CT molecular complexity index is 866. The first-order valence-electron chi connectivity index (χ1n) is 7.97. The summed E-state index contributed by atoms with van der Waals surface area (Å²) in [6.07, 6.45) is 3.77. The highest BCUT2D eigenvalue weighted by Gasteiger charge is 2.19. The van der Waals surface area contributed by atoms with Crippen LogP contribution in [0.4, 0.5) is 0 Å². The number of nitrogens with two attached hydrogens (primary N) is 1. The first kappa shape index (κ1) is 16.6. The number of rotatable bonds is 6. The van der Waals surface area contributed by atoms with Crippen molar-refractivity contribution in [2.45, 2.75) is 12.3 Å². The SMILES string of the molecule is COc1cccc(-c2cncc(C[C@@H](C(N)=O)c3ccccc3)n2)c1. The molecule has 126 valence electrons. The molecule has 0 aliphatic carbocycles. The molecule has 1 aromatic heterocycles. The van der Waals surface area contributed by atoms with Crippen molar-refractivity contribution in [3.63, 3.8) is 0 Å². The van der Waals surface area contributed by atoms with Gasteiger partial charge in [0.1, 0.15) is 5.75 Å². The van der Waals surface area contributed by atoms with Gasteiger partial charge >= 0.3 is 0 Å². The van der Waals surface area contributed by atoms with Gasteiger partial charge in [0.15, 0.2) is 0 Å². The third-order valence-corrected chi connectivity index (χ3v) is 4.01. The highest BCUT2D eigenvalue weighted by molar-refractivity contribution is 5.82. The lowest BCUT2D eigenvalue weighted by Gasteiger charge is -2.13. The van der Waals surface area contributed by atoms with E-state index in [0.29, 0.717) is 12.1 Å². The lowest BCUT2D eigenvalue weighted by atomic mass is 9.93. The number of ether oxygens (including phenoxy) is 1. The number of hydrogen-bond donors (Lipinski definition) is 1. The van der Waals surface area contributed by atoms with Crippen LogP contribution < -0.4 is 10.5 Å². The molecule has 0 saturated carbocycles. The Labute approximate surface area is 146 Å². The van der Waals surface area contributed by atoms with Crippen LogP contribution in [0.2, 0.25) is 0 Å². The fourth-order valence-corrected chi connectivity index (χ4v) is 2.70. The molecule has 0 spiro atoms. The molecule has 5 nitrogen and oxygen atoms in total. The maximum atomic E-state index is 11.9. The molecule has 0 aliphatic heterocycles. The average Bonchev–Trinajstić information content (AvgIpc) is 2.67. The monoisotopic (exact) mass is 333 g/mol. The Kier molecular flexibility index (Phi) is 5.04. The third-order valence-electron chi connectivity index (χ3n) is 4.01. The van der Waals surface area contributed by atoms with Crippen LogP contribution in [0.3, 0.4) is 0 Å². The first-order valence-corrected chi connectivity index (χ1v) is 7.97. The van der Waals surface area contributed by atoms with Crippen LogP contribution in [0.1, 0.15) is 17.2 Å². The van der Waals surface area contributed by atoms with Gasteiger partial charge in [-0.2, -0.15) is 0 Å². The van der Waals surface area contributed by atoms with E-state index in [-0.39, 0.29) is 5.91 Å². The third kappa shape index (κ3) is 4.01. The number of carbonyl (C=O) groups is 1. The molecule has 0 bridgehead atoms. The lowest BCUT2D eigenvalue weighted by Crippen LogP contribution is -2.23. The summed E-state index contributed by atoms with van der Waals surface area (Å²) in [5.41, 5.74) is 8.83. The van der Waals surface area contributed by atoms with E-state index >= 15 is 0 Å². The molecule has 0 saturated heterocycles. The summed E-state index contributed by atoms with van der Waals surface area (Å²) in [6, 6.07) is 17.1. The van der Waals surface area contributed by atoms with E-state index in [1.54, 1.807) is 19.5 Å². The molecule has 1 heterocycles. The van der Waals surface area contributed by atoms with Crippen molar-refractivity contribution in [2.24, 2.45) is 5.73 Å². The highest BCUT2D eigenvalue weighted by atomic mass is 16.5. The molecule has 1 atom stereocenters. The van der Waals surface area contributed by atoms with Crippen molar-refractivity contribution in [3.8, 4) is 17.0 Å². The summed E-state index contributed by atoms with van der Waals surface area (Å²) < 4.78 is 5.25. The van der Waals surface area contributed by atoms with Crippen LogP contribution in [0.25, 0.3) is 11.3 Å². The van der Waals surface area contributed by atoms with Crippen LogP contribution in [-0.2, 0) is 11.2 Å². The van der Waals surface area contributed by atoms with Crippen LogP contribution in [0.5, 0.6) is 5.75 Å². The number of primary amides is 1. The Morgan fingerprint density at radius 2 is 1.92 bits per heavy atom. The second-order valence-electron chi connectivity index (χ2n) is 5.70. The van der Waals surface area contributed by atoms with Crippen molar-refractivity contribution in [1.29, 1.82) is 0 Å². The molecule has 2 N–H and O–H groups in total. The first-order chi connectivity index (χ1) is 12.2. The van der Waals surface area contributed by atoms with Gasteiger partial charge in [-0.05, 0) is 17.7 Å². The molecule has 0 radical (unpaired) electrons. The van der Waals surface area contributed by atoms with Crippen molar-refractivity contribution >= 4 is 5.91 Å². The predicted molar refractivity (Wildman–Crippen MR) is 96.1 cm³/mol. The van der Waals surface area contributed by atoms with Crippen LogP contribution in [-0.4, -0.2) is 23.0 Å². The van der Waals surface area contributed by atoms with E-state index in [9.17, 15) is 4.79 Å². The smallest absolute Gasteiger partial charge is 0.225 e. The summed E-state index contributed by atoms with van der Waals surface area (Å²) in [4.78, 5) is 20.8. The highest BCUT2D eigenvalue weighted by Crippen LogP contribution is 2.24. The number of aromatic nitrogens is 2. The largest absolute Gasteiger partial charge is 0.497 e. The second kappa shape index (κ2) is 7.57. The molecular weight excluding hydrogens is 314 g/mol. The number of nitrogens with zero attached hydrogens (tertiary/aromatic N) is 2. The zero-order chi connectivity index (χ0) is 17.6. The van der Waals surface area contributed by atoms with Gasteiger partial charge in [0, 0.05) is 18.2 Å². The van der Waals surface area contributed by atoms with E-state index in [2.05, 4.69) is 9.97 Å². The minimum Gasteiger partial charge on any atom is -0.497 e. The van der Waals surface area contributed by atoms with Gasteiger partial charge in [0.05, 0.1) is 30.6 Å². The van der Waals surface area contributed by atoms with Crippen molar-refractivity contribution < 1.29 is 9.53 Å². The molecule has 5 heteroatoms. The van der Waals surface area contributed by atoms with E-state index in [0.717, 1.165) is 22.6 Å². The lowest BCUT2D eigenvalue weighted by molar-refractivity contribution is -0.119. The summed E-state index contributed by atoms with van der Waals surface area (Å²) in [5.74, 6) is -0.0557.